The summed E-state index contributed by atoms with van der Waals surface area (Å²) in [5.41, 5.74) is 3.29. The highest BCUT2D eigenvalue weighted by atomic mass is 35.5. The lowest BCUT2D eigenvalue weighted by atomic mass is 10.2. The summed E-state index contributed by atoms with van der Waals surface area (Å²) in [5, 5.41) is 4.48. The highest BCUT2D eigenvalue weighted by molar-refractivity contribution is 6.30. The molecule has 2 aromatic rings. The fourth-order valence-electron chi connectivity index (χ4n) is 2.29. The fourth-order valence-corrected chi connectivity index (χ4v) is 2.47. The number of halogens is 1. The standard InChI is InChI=1S/C21H25ClN2O3/c1-2-3-4-5-13-26-19-11-9-17(10-12-19)15-23-24-21(25)16-27-20-8-6-7-18(22)14-20/h6-12,14-15H,2-5,13,16H2,1H3,(H,24,25)/b23-15+. The molecular formula is C21H25ClN2O3. The monoisotopic (exact) mass is 388 g/mol. The number of hydrogen-bond acceptors (Lipinski definition) is 4. The van der Waals surface area contributed by atoms with Gasteiger partial charge in [0, 0.05) is 5.02 Å². The SMILES string of the molecule is CCCCCCOc1ccc(/C=N/NC(=O)COc2cccc(Cl)c2)cc1. The minimum absolute atomic E-state index is 0.136. The van der Waals surface area contributed by atoms with Crippen LogP contribution in [0, 0.1) is 0 Å². The van der Waals surface area contributed by atoms with E-state index in [1.54, 1.807) is 30.5 Å². The molecule has 6 heteroatoms. The molecule has 1 N–H and O–H groups in total. The van der Waals surface area contributed by atoms with E-state index in [4.69, 9.17) is 21.1 Å². The van der Waals surface area contributed by atoms with Crippen molar-refractivity contribution in [2.24, 2.45) is 5.10 Å². The quantitative estimate of drug-likeness (QED) is 0.341. The van der Waals surface area contributed by atoms with Crippen LogP contribution in [0.4, 0.5) is 0 Å². The third-order valence-corrected chi connectivity index (χ3v) is 3.95. The van der Waals surface area contributed by atoms with Gasteiger partial charge in [0.05, 0.1) is 12.8 Å². The first-order valence-electron chi connectivity index (χ1n) is 9.10. The summed E-state index contributed by atoms with van der Waals surface area (Å²) in [7, 11) is 0. The Hall–Kier alpha value is -2.53. The first kappa shape index (κ1) is 20.8. The zero-order chi connectivity index (χ0) is 19.3. The van der Waals surface area contributed by atoms with Gasteiger partial charge in [-0.3, -0.25) is 4.79 Å². The first-order chi connectivity index (χ1) is 13.2. The number of unbranched alkanes of at least 4 members (excludes halogenated alkanes) is 3. The second-order valence-electron chi connectivity index (χ2n) is 6.02. The smallest absolute Gasteiger partial charge is 0.277 e. The van der Waals surface area contributed by atoms with E-state index >= 15 is 0 Å². The number of nitrogens with zero attached hydrogens (tertiary/aromatic N) is 1. The van der Waals surface area contributed by atoms with Gasteiger partial charge >= 0.3 is 0 Å². The maximum absolute atomic E-state index is 11.7. The Morgan fingerprint density at radius 3 is 2.63 bits per heavy atom. The molecule has 1 amide bonds. The highest BCUT2D eigenvalue weighted by Gasteiger charge is 2.02. The number of benzene rings is 2. The first-order valence-corrected chi connectivity index (χ1v) is 9.48. The van der Waals surface area contributed by atoms with E-state index in [0.29, 0.717) is 10.8 Å². The number of nitrogens with one attached hydrogen (secondary N) is 1. The lowest BCUT2D eigenvalue weighted by molar-refractivity contribution is -0.123. The molecule has 0 atom stereocenters. The number of amides is 1. The minimum atomic E-state index is -0.349. The highest BCUT2D eigenvalue weighted by Crippen LogP contribution is 2.16. The molecule has 2 aromatic carbocycles. The average Bonchev–Trinajstić information content (AvgIpc) is 2.67. The maximum atomic E-state index is 11.7. The van der Waals surface area contributed by atoms with E-state index in [9.17, 15) is 4.79 Å². The van der Waals surface area contributed by atoms with Crippen molar-refractivity contribution in [3.8, 4) is 11.5 Å². The molecule has 5 nitrogen and oxygen atoms in total. The van der Waals surface area contributed by atoms with Gasteiger partial charge in [-0.1, -0.05) is 43.9 Å². The van der Waals surface area contributed by atoms with Gasteiger partial charge in [-0.05, 0) is 54.4 Å². The van der Waals surface area contributed by atoms with Gasteiger partial charge in [-0.25, -0.2) is 5.43 Å². The Balaban J connectivity index is 1.68. The summed E-state index contributed by atoms with van der Waals surface area (Å²) in [5.74, 6) is 1.02. The average molecular weight is 389 g/mol. The van der Waals surface area contributed by atoms with E-state index in [1.807, 2.05) is 24.3 Å². The second kappa shape index (κ2) is 12.0. The Morgan fingerprint density at radius 2 is 1.89 bits per heavy atom. The normalized spacial score (nSPS) is 10.7. The van der Waals surface area contributed by atoms with Crippen molar-refractivity contribution in [3.63, 3.8) is 0 Å². The van der Waals surface area contributed by atoms with Gasteiger partial charge in [0.15, 0.2) is 6.61 Å². The molecule has 0 unspecified atom stereocenters. The Labute approximate surface area is 165 Å². The predicted octanol–water partition coefficient (Wildman–Crippen LogP) is 4.83. The summed E-state index contributed by atoms with van der Waals surface area (Å²) in [6, 6.07) is 14.4. The fraction of sp³-hybridized carbons (Fsp3) is 0.333. The van der Waals surface area contributed by atoms with E-state index in [1.165, 1.54) is 19.3 Å². The molecular weight excluding hydrogens is 364 g/mol. The van der Waals surface area contributed by atoms with Crippen LogP contribution in [0.1, 0.15) is 38.2 Å². The van der Waals surface area contributed by atoms with E-state index in [-0.39, 0.29) is 12.5 Å². The Morgan fingerprint density at radius 1 is 1.07 bits per heavy atom. The summed E-state index contributed by atoms with van der Waals surface area (Å²) in [4.78, 5) is 11.7. The van der Waals surface area contributed by atoms with Crippen LogP contribution in [0.2, 0.25) is 5.02 Å². The lowest BCUT2D eigenvalue weighted by Crippen LogP contribution is -2.24. The van der Waals surface area contributed by atoms with Gasteiger partial charge in [0.2, 0.25) is 0 Å². The molecule has 144 valence electrons. The van der Waals surface area contributed by atoms with Gasteiger partial charge in [0.1, 0.15) is 11.5 Å². The molecule has 0 aliphatic heterocycles. The van der Waals surface area contributed by atoms with Crippen LogP contribution >= 0.6 is 11.6 Å². The molecule has 0 radical (unpaired) electrons. The van der Waals surface area contributed by atoms with Gasteiger partial charge in [0.25, 0.3) is 5.91 Å². The summed E-state index contributed by atoms with van der Waals surface area (Å²) in [6.07, 6.45) is 6.30. The molecule has 0 spiro atoms. The maximum Gasteiger partial charge on any atom is 0.277 e. The number of hydrazone groups is 1. The predicted molar refractivity (Wildman–Crippen MR) is 109 cm³/mol. The number of rotatable bonds is 11. The van der Waals surface area contributed by atoms with Crippen molar-refractivity contribution in [1.29, 1.82) is 0 Å². The third kappa shape index (κ3) is 8.60. The molecule has 0 aliphatic rings. The molecule has 0 saturated heterocycles. The molecule has 0 aromatic heterocycles. The van der Waals surface area contributed by atoms with Crippen LogP contribution in [-0.4, -0.2) is 25.3 Å². The molecule has 0 aliphatic carbocycles. The van der Waals surface area contributed by atoms with Crippen LogP contribution in [0.5, 0.6) is 11.5 Å². The van der Waals surface area contributed by atoms with Gasteiger partial charge in [-0.2, -0.15) is 5.10 Å². The molecule has 0 heterocycles. The van der Waals surface area contributed by atoms with Crippen LogP contribution in [-0.2, 0) is 4.79 Å². The zero-order valence-corrected chi connectivity index (χ0v) is 16.2. The topological polar surface area (TPSA) is 59.9 Å². The van der Waals surface area contributed by atoms with E-state index in [0.717, 1.165) is 24.3 Å². The van der Waals surface area contributed by atoms with Crippen molar-refractivity contribution in [1.82, 2.24) is 5.43 Å². The largest absolute Gasteiger partial charge is 0.494 e. The lowest BCUT2D eigenvalue weighted by Gasteiger charge is -2.06. The molecule has 2 rings (SSSR count). The summed E-state index contributed by atoms with van der Waals surface area (Å²) >= 11 is 5.86. The second-order valence-corrected chi connectivity index (χ2v) is 6.45. The van der Waals surface area contributed by atoms with Crippen LogP contribution in [0.15, 0.2) is 53.6 Å². The summed E-state index contributed by atoms with van der Waals surface area (Å²) < 4.78 is 11.0. The van der Waals surface area contributed by atoms with Crippen molar-refractivity contribution >= 4 is 23.7 Å². The zero-order valence-electron chi connectivity index (χ0n) is 15.5. The summed E-state index contributed by atoms with van der Waals surface area (Å²) in [6.45, 7) is 2.79. The van der Waals surface area contributed by atoms with Crippen LogP contribution < -0.4 is 14.9 Å². The van der Waals surface area contributed by atoms with E-state index in [2.05, 4.69) is 17.5 Å². The third-order valence-electron chi connectivity index (χ3n) is 3.72. The van der Waals surface area contributed by atoms with Crippen molar-refractivity contribution in [2.75, 3.05) is 13.2 Å². The van der Waals surface area contributed by atoms with Gasteiger partial charge < -0.3 is 9.47 Å². The Kier molecular flexibility index (Phi) is 9.21. The molecule has 0 saturated carbocycles. The van der Waals surface area contributed by atoms with Crippen LogP contribution in [0.3, 0.4) is 0 Å². The van der Waals surface area contributed by atoms with Crippen molar-refractivity contribution in [3.05, 3.63) is 59.1 Å². The van der Waals surface area contributed by atoms with E-state index < -0.39 is 0 Å². The minimum Gasteiger partial charge on any atom is -0.494 e. The molecule has 0 fully saturated rings. The number of carbonyl (C=O) groups excluding carboxylic acids is 1. The molecule has 0 bridgehead atoms. The number of carbonyl (C=O) groups is 1. The Bertz CT molecular complexity index is 732. The number of hydrogen-bond donors (Lipinski definition) is 1. The van der Waals surface area contributed by atoms with Crippen molar-refractivity contribution < 1.29 is 14.3 Å². The van der Waals surface area contributed by atoms with Crippen molar-refractivity contribution in [2.45, 2.75) is 32.6 Å². The van der Waals surface area contributed by atoms with Gasteiger partial charge in [-0.15, -0.1) is 0 Å². The van der Waals surface area contributed by atoms with Crippen LogP contribution in [0.25, 0.3) is 0 Å². The molecule has 27 heavy (non-hydrogen) atoms. The number of ether oxygens (including phenoxy) is 2.